The van der Waals surface area contributed by atoms with Gasteiger partial charge in [0, 0.05) is 32.0 Å². The summed E-state index contributed by atoms with van der Waals surface area (Å²) in [6.45, 7) is 8.28. The Balaban J connectivity index is 1.28. The first-order valence-electron chi connectivity index (χ1n) is 11.4. The van der Waals surface area contributed by atoms with Crippen LogP contribution in [0.1, 0.15) is 65.1 Å². The quantitative estimate of drug-likeness (QED) is 0.758. The third kappa shape index (κ3) is 4.61. The zero-order valence-corrected chi connectivity index (χ0v) is 19.2. The number of hydrogen-bond donors (Lipinski definition) is 1. The Hall–Kier alpha value is -1.64. The topological polar surface area (TPSA) is 94.3 Å². The zero-order chi connectivity index (χ0) is 22.3. The van der Waals surface area contributed by atoms with E-state index in [1.807, 2.05) is 18.7 Å². The Morgan fingerprint density at radius 3 is 2.68 bits per heavy atom. The molecule has 4 heterocycles. The van der Waals surface area contributed by atoms with Crippen LogP contribution in [0, 0.1) is 5.41 Å². The molecule has 1 N–H and O–H groups in total. The number of aryl methyl sites for hydroxylation is 1. The lowest BCUT2D eigenvalue weighted by Gasteiger charge is -2.48. The summed E-state index contributed by atoms with van der Waals surface area (Å²) in [5.41, 5.74) is -0.820. The van der Waals surface area contributed by atoms with E-state index in [2.05, 4.69) is 12.1 Å². The molecule has 0 unspecified atom stereocenters. The van der Waals surface area contributed by atoms with Crippen LogP contribution >= 0.6 is 0 Å². The fraction of sp³-hybridized carbons (Fsp3) is 0.826. The highest BCUT2D eigenvalue weighted by molar-refractivity contribution is 5.76. The molecule has 3 aliphatic heterocycles. The van der Waals surface area contributed by atoms with E-state index < -0.39 is 11.7 Å². The highest BCUT2D eigenvalue weighted by Gasteiger charge is 2.53. The zero-order valence-electron chi connectivity index (χ0n) is 19.2. The minimum atomic E-state index is -0.560. The number of aromatic nitrogens is 1. The number of likely N-dealkylation sites (tertiary alicyclic amines) is 1. The highest BCUT2D eigenvalue weighted by atomic mass is 16.6. The van der Waals surface area contributed by atoms with E-state index >= 15 is 0 Å². The molecule has 3 fully saturated rings. The first-order valence-corrected chi connectivity index (χ1v) is 11.4. The second-order valence-electron chi connectivity index (χ2n) is 10.3. The molecule has 3 atom stereocenters. The number of amides is 1. The molecule has 8 heteroatoms. The average Bonchev–Trinajstić information content (AvgIpc) is 3.37. The third-order valence-corrected chi connectivity index (χ3v) is 7.61. The minimum Gasteiger partial charge on any atom is -0.479 e. The van der Waals surface area contributed by atoms with Crippen molar-refractivity contribution in [3.63, 3.8) is 0 Å². The van der Waals surface area contributed by atoms with E-state index in [9.17, 15) is 9.90 Å². The van der Waals surface area contributed by atoms with Crippen LogP contribution in [0.25, 0.3) is 0 Å². The summed E-state index contributed by atoms with van der Waals surface area (Å²) in [5.74, 6) is 1.25. The van der Waals surface area contributed by atoms with Gasteiger partial charge in [0.15, 0.2) is 0 Å². The Morgan fingerprint density at radius 1 is 1.29 bits per heavy atom. The fourth-order valence-electron chi connectivity index (χ4n) is 5.37. The summed E-state index contributed by atoms with van der Waals surface area (Å²) in [6.07, 6.45) is 4.92. The standard InChI is InChI=1S/C23H36N2O6/c1-21(2)17(26)7-8-22(3,31-21)18-14-23(15-29-18)9-11-25(12-10-23)20(27)6-5-16-13-19(28-4)24-30-16/h13,17-18,26H,5-12,14-15H2,1-4H3/t17-,18+,22+/m0/s1. The number of aliphatic hydroxyl groups is 1. The lowest BCUT2D eigenvalue weighted by atomic mass is 9.73. The van der Waals surface area contributed by atoms with Gasteiger partial charge in [-0.05, 0) is 63.4 Å². The molecule has 1 amide bonds. The van der Waals surface area contributed by atoms with Crippen LogP contribution in [0.15, 0.2) is 10.6 Å². The second-order valence-corrected chi connectivity index (χ2v) is 10.3. The Kier molecular flexibility index (Phi) is 6.09. The van der Waals surface area contributed by atoms with Crippen molar-refractivity contribution in [1.29, 1.82) is 0 Å². The van der Waals surface area contributed by atoms with Crippen molar-refractivity contribution in [2.24, 2.45) is 5.41 Å². The molecule has 4 rings (SSSR count). The van der Waals surface area contributed by atoms with Crippen LogP contribution in [0.2, 0.25) is 0 Å². The molecule has 174 valence electrons. The van der Waals surface area contributed by atoms with Crippen molar-refractivity contribution in [2.75, 3.05) is 26.8 Å². The average molecular weight is 437 g/mol. The Bertz CT molecular complexity index is 785. The normalized spacial score (nSPS) is 32.4. The van der Waals surface area contributed by atoms with Gasteiger partial charge in [-0.1, -0.05) is 0 Å². The number of aliphatic hydroxyl groups excluding tert-OH is 1. The Labute approximate surface area is 184 Å². The molecule has 0 saturated carbocycles. The molecule has 3 saturated heterocycles. The van der Waals surface area contributed by atoms with Crippen molar-refractivity contribution < 1.29 is 28.6 Å². The number of piperidine rings is 1. The van der Waals surface area contributed by atoms with Gasteiger partial charge < -0.3 is 28.7 Å². The van der Waals surface area contributed by atoms with Crippen molar-refractivity contribution in [1.82, 2.24) is 10.1 Å². The Morgan fingerprint density at radius 2 is 2.03 bits per heavy atom. The van der Waals surface area contributed by atoms with Crippen LogP contribution in [-0.2, 0) is 20.7 Å². The largest absolute Gasteiger partial charge is 0.479 e. The molecule has 0 aliphatic carbocycles. The maximum Gasteiger partial charge on any atom is 0.254 e. The molecule has 1 spiro atoms. The minimum absolute atomic E-state index is 0.0305. The molecule has 8 nitrogen and oxygen atoms in total. The lowest BCUT2D eigenvalue weighted by Crippen LogP contribution is -2.56. The molecule has 31 heavy (non-hydrogen) atoms. The molecule has 0 bridgehead atoms. The van der Waals surface area contributed by atoms with Gasteiger partial charge in [0.25, 0.3) is 5.88 Å². The van der Waals surface area contributed by atoms with Gasteiger partial charge in [0.1, 0.15) is 5.76 Å². The van der Waals surface area contributed by atoms with E-state index in [0.29, 0.717) is 24.5 Å². The summed E-state index contributed by atoms with van der Waals surface area (Å²) >= 11 is 0. The number of carbonyl (C=O) groups is 1. The molecular weight excluding hydrogens is 400 g/mol. The molecular formula is C23H36N2O6. The summed E-state index contributed by atoms with van der Waals surface area (Å²) in [6, 6.07) is 1.72. The van der Waals surface area contributed by atoms with Crippen LogP contribution in [0.4, 0.5) is 0 Å². The van der Waals surface area contributed by atoms with Gasteiger partial charge in [-0.25, -0.2) is 0 Å². The predicted molar refractivity (Wildman–Crippen MR) is 113 cm³/mol. The summed E-state index contributed by atoms with van der Waals surface area (Å²) in [4.78, 5) is 14.6. The van der Waals surface area contributed by atoms with Crippen LogP contribution in [0.3, 0.4) is 0 Å². The van der Waals surface area contributed by atoms with E-state index in [-0.39, 0.29) is 23.0 Å². The third-order valence-electron chi connectivity index (χ3n) is 7.61. The van der Waals surface area contributed by atoms with Crippen molar-refractivity contribution in [2.45, 2.75) is 89.1 Å². The van der Waals surface area contributed by atoms with E-state index in [4.69, 9.17) is 18.7 Å². The predicted octanol–water partition coefficient (Wildman–Crippen LogP) is 2.72. The van der Waals surface area contributed by atoms with Crippen LogP contribution in [-0.4, -0.2) is 71.3 Å². The SMILES string of the molecule is COc1cc(CCC(=O)N2CCC3(CC2)CO[C@@H]([C@@]2(C)CC[C@H](O)C(C)(C)O2)C3)on1. The number of ether oxygens (including phenoxy) is 3. The lowest BCUT2D eigenvalue weighted by molar-refractivity contribution is -0.245. The maximum atomic E-state index is 12.7. The molecule has 3 aliphatic rings. The first kappa shape index (κ1) is 22.6. The van der Waals surface area contributed by atoms with E-state index in [0.717, 1.165) is 51.8 Å². The smallest absolute Gasteiger partial charge is 0.254 e. The monoisotopic (exact) mass is 436 g/mol. The number of carbonyl (C=O) groups excluding carboxylic acids is 1. The van der Waals surface area contributed by atoms with Crippen LogP contribution < -0.4 is 4.74 Å². The highest BCUT2D eigenvalue weighted by Crippen LogP contribution is 2.49. The van der Waals surface area contributed by atoms with Gasteiger partial charge in [0.05, 0.1) is 37.1 Å². The summed E-state index contributed by atoms with van der Waals surface area (Å²) < 4.78 is 22.9. The summed E-state index contributed by atoms with van der Waals surface area (Å²) in [7, 11) is 1.54. The molecule has 1 aromatic heterocycles. The van der Waals surface area contributed by atoms with Gasteiger partial charge in [0.2, 0.25) is 5.91 Å². The summed E-state index contributed by atoms with van der Waals surface area (Å²) in [5, 5.41) is 14.0. The molecule has 0 radical (unpaired) electrons. The van der Waals surface area contributed by atoms with E-state index in [1.54, 1.807) is 13.2 Å². The molecule has 0 aromatic carbocycles. The van der Waals surface area contributed by atoms with Gasteiger partial charge in [-0.3, -0.25) is 4.79 Å². The molecule has 1 aromatic rings. The maximum absolute atomic E-state index is 12.7. The van der Waals surface area contributed by atoms with E-state index in [1.165, 1.54) is 0 Å². The fourth-order valence-corrected chi connectivity index (χ4v) is 5.37. The van der Waals surface area contributed by atoms with Gasteiger partial charge in [-0.15, -0.1) is 0 Å². The number of methoxy groups -OCH3 is 1. The number of rotatable bonds is 5. The number of nitrogens with zero attached hydrogens (tertiary/aromatic N) is 2. The van der Waals surface area contributed by atoms with Crippen molar-refractivity contribution >= 4 is 5.91 Å². The van der Waals surface area contributed by atoms with Crippen molar-refractivity contribution in [3.05, 3.63) is 11.8 Å². The van der Waals surface area contributed by atoms with Gasteiger partial charge in [-0.2, -0.15) is 0 Å². The number of hydrogen-bond acceptors (Lipinski definition) is 7. The second kappa shape index (κ2) is 8.37. The van der Waals surface area contributed by atoms with Crippen LogP contribution in [0.5, 0.6) is 5.88 Å². The van der Waals surface area contributed by atoms with Crippen molar-refractivity contribution in [3.8, 4) is 5.88 Å². The van der Waals surface area contributed by atoms with Gasteiger partial charge >= 0.3 is 0 Å². The first-order chi connectivity index (χ1) is 14.6.